The third-order valence-electron chi connectivity index (χ3n) is 3.36. The number of hydrogen-bond donors (Lipinski definition) is 2. The van der Waals surface area contributed by atoms with Crippen LogP contribution in [0.3, 0.4) is 0 Å². The monoisotopic (exact) mass is 313 g/mol. The van der Waals surface area contributed by atoms with Gasteiger partial charge in [0, 0.05) is 12.7 Å². The zero-order chi connectivity index (χ0) is 16.3. The predicted molar refractivity (Wildman–Crippen MR) is 78.6 cm³/mol. The van der Waals surface area contributed by atoms with Crippen LogP contribution in [0, 0.1) is 0 Å². The second-order valence-corrected chi connectivity index (χ2v) is 7.90. The SMILES string of the molecule is CC(C)(C(=O)N[C@H](Cc1ccccc1)C(=O)O)S(C)(=O)=O. The van der Waals surface area contributed by atoms with Gasteiger partial charge in [0.05, 0.1) is 0 Å². The minimum Gasteiger partial charge on any atom is -0.480 e. The van der Waals surface area contributed by atoms with E-state index in [4.69, 9.17) is 0 Å². The van der Waals surface area contributed by atoms with E-state index in [0.29, 0.717) is 0 Å². The standard InChI is InChI=1S/C14H19NO5S/c1-14(2,21(3,19)20)13(18)15-11(12(16)17)9-10-7-5-4-6-8-10/h4-8,11H,9H2,1-3H3,(H,15,18)(H,16,17)/t11-/m1/s1. The van der Waals surface area contributed by atoms with Crippen molar-refractivity contribution in [3.05, 3.63) is 35.9 Å². The molecule has 0 aliphatic carbocycles. The van der Waals surface area contributed by atoms with Crippen LogP contribution >= 0.6 is 0 Å². The van der Waals surface area contributed by atoms with E-state index in [0.717, 1.165) is 11.8 Å². The Labute approximate surface area is 124 Å². The third kappa shape index (κ3) is 4.29. The lowest BCUT2D eigenvalue weighted by Gasteiger charge is -2.24. The minimum absolute atomic E-state index is 0.0851. The fourth-order valence-electron chi connectivity index (χ4n) is 1.55. The molecule has 1 aromatic carbocycles. The molecule has 6 nitrogen and oxygen atoms in total. The van der Waals surface area contributed by atoms with E-state index in [1.807, 2.05) is 0 Å². The van der Waals surface area contributed by atoms with Crippen LogP contribution in [0.15, 0.2) is 30.3 Å². The quantitative estimate of drug-likeness (QED) is 0.802. The summed E-state index contributed by atoms with van der Waals surface area (Å²) in [5.41, 5.74) is 0.738. The number of aliphatic carboxylic acids is 1. The van der Waals surface area contributed by atoms with Crippen molar-refractivity contribution < 1.29 is 23.1 Å². The first-order valence-corrected chi connectivity index (χ1v) is 8.22. The van der Waals surface area contributed by atoms with Crippen LogP contribution in [0.2, 0.25) is 0 Å². The smallest absolute Gasteiger partial charge is 0.326 e. The summed E-state index contributed by atoms with van der Waals surface area (Å²) >= 11 is 0. The van der Waals surface area contributed by atoms with E-state index in [2.05, 4.69) is 5.32 Å². The van der Waals surface area contributed by atoms with Gasteiger partial charge in [0.1, 0.15) is 10.8 Å². The zero-order valence-electron chi connectivity index (χ0n) is 12.2. The van der Waals surface area contributed by atoms with E-state index in [-0.39, 0.29) is 6.42 Å². The van der Waals surface area contributed by atoms with Crippen molar-refractivity contribution in [2.24, 2.45) is 0 Å². The molecule has 0 unspecified atom stereocenters. The second-order valence-electron chi connectivity index (χ2n) is 5.34. The fourth-order valence-corrected chi connectivity index (χ4v) is 1.95. The second kappa shape index (κ2) is 6.26. The van der Waals surface area contributed by atoms with E-state index >= 15 is 0 Å². The lowest BCUT2D eigenvalue weighted by Crippen LogP contribution is -2.53. The maximum Gasteiger partial charge on any atom is 0.326 e. The highest BCUT2D eigenvalue weighted by molar-refractivity contribution is 7.92. The van der Waals surface area contributed by atoms with Crippen molar-refractivity contribution in [2.75, 3.05) is 6.26 Å². The molecule has 0 saturated carbocycles. The first-order chi connectivity index (χ1) is 9.55. The molecule has 0 fully saturated rings. The van der Waals surface area contributed by atoms with Gasteiger partial charge in [0.25, 0.3) is 0 Å². The van der Waals surface area contributed by atoms with Gasteiger partial charge in [-0.1, -0.05) is 30.3 Å². The van der Waals surface area contributed by atoms with Gasteiger partial charge in [-0.05, 0) is 19.4 Å². The zero-order valence-corrected chi connectivity index (χ0v) is 13.0. The summed E-state index contributed by atoms with van der Waals surface area (Å²) in [7, 11) is -3.65. The molecule has 0 spiro atoms. The number of benzene rings is 1. The Hall–Kier alpha value is -1.89. The molecule has 0 saturated heterocycles. The largest absolute Gasteiger partial charge is 0.480 e. The van der Waals surface area contributed by atoms with Gasteiger partial charge in [-0.2, -0.15) is 0 Å². The number of hydrogen-bond acceptors (Lipinski definition) is 4. The Morgan fingerprint density at radius 1 is 1.24 bits per heavy atom. The molecule has 1 aromatic rings. The molecule has 7 heteroatoms. The maximum atomic E-state index is 12.1. The third-order valence-corrected chi connectivity index (χ3v) is 5.40. The highest BCUT2D eigenvalue weighted by Gasteiger charge is 2.40. The first-order valence-electron chi connectivity index (χ1n) is 6.33. The Morgan fingerprint density at radius 2 is 1.76 bits per heavy atom. The molecule has 1 rings (SSSR count). The van der Waals surface area contributed by atoms with E-state index in [9.17, 15) is 23.1 Å². The average Bonchev–Trinajstić information content (AvgIpc) is 2.37. The highest BCUT2D eigenvalue weighted by atomic mass is 32.2. The van der Waals surface area contributed by atoms with Crippen molar-refractivity contribution in [2.45, 2.75) is 31.1 Å². The Kier molecular flexibility index (Phi) is 5.11. The van der Waals surface area contributed by atoms with Crippen molar-refractivity contribution >= 4 is 21.7 Å². The van der Waals surface area contributed by atoms with Gasteiger partial charge < -0.3 is 10.4 Å². The number of rotatable bonds is 6. The van der Waals surface area contributed by atoms with Gasteiger partial charge in [-0.15, -0.1) is 0 Å². The van der Waals surface area contributed by atoms with E-state index in [1.54, 1.807) is 30.3 Å². The van der Waals surface area contributed by atoms with Crippen molar-refractivity contribution in [1.82, 2.24) is 5.32 Å². The van der Waals surface area contributed by atoms with E-state index in [1.165, 1.54) is 13.8 Å². The van der Waals surface area contributed by atoms with Crippen LogP contribution in [0.25, 0.3) is 0 Å². The summed E-state index contributed by atoms with van der Waals surface area (Å²) in [6.45, 7) is 2.50. The molecule has 21 heavy (non-hydrogen) atoms. The molecule has 1 amide bonds. The topological polar surface area (TPSA) is 101 Å². The molecule has 0 radical (unpaired) electrons. The van der Waals surface area contributed by atoms with Crippen LogP contribution in [-0.4, -0.2) is 42.4 Å². The highest BCUT2D eigenvalue weighted by Crippen LogP contribution is 2.16. The fraction of sp³-hybridized carbons (Fsp3) is 0.429. The summed E-state index contributed by atoms with van der Waals surface area (Å²) in [6, 6.07) is 7.62. The van der Waals surface area contributed by atoms with Gasteiger partial charge in [-0.3, -0.25) is 4.79 Å². The number of carboxylic acids is 1. The van der Waals surface area contributed by atoms with Gasteiger partial charge in [-0.25, -0.2) is 13.2 Å². The van der Waals surface area contributed by atoms with Crippen LogP contribution in [-0.2, 0) is 25.8 Å². The molecule has 0 bridgehead atoms. The molecular weight excluding hydrogens is 294 g/mol. The molecular formula is C14H19NO5S. The molecule has 0 aromatic heterocycles. The molecule has 0 heterocycles. The average molecular weight is 313 g/mol. The van der Waals surface area contributed by atoms with Crippen molar-refractivity contribution in [3.63, 3.8) is 0 Å². The summed E-state index contributed by atoms with van der Waals surface area (Å²) < 4.78 is 21.5. The molecule has 0 aliphatic rings. The van der Waals surface area contributed by atoms with Gasteiger partial charge in [0.2, 0.25) is 5.91 Å². The summed E-state index contributed by atoms with van der Waals surface area (Å²) in [5, 5.41) is 11.5. The Bertz CT molecular complexity index is 622. The van der Waals surface area contributed by atoms with Crippen LogP contribution in [0.1, 0.15) is 19.4 Å². The number of nitrogens with one attached hydrogen (secondary N) is 1. The van der Waals surface area contributed by atoms with Crippen LogP contribution in [0.4, 0.5) is 0 Å². The van der Waals surface area contributed by atoms with Crippen LogP contribution < -0.4 is 5.32 Å². The predicted octanol–water partition coefficient (Wildman–Crippen LogP) is 0.622. The number of sulfone groups is 1. The number of carbonyl (C=O) groups excluding carboxylic acids is 1. The van der Waals surface area contributed by atoms with Gasteiger partial charge in [0.15, 0.2) is 9.84 Å². The lowest BCUT2D eigenvalue weighted by atomic mass is 10.0. The minimum atomic E-state index is -3.65. The number of amides is 1. The number of carbonyl (C=O) groups is 2. The Balaban J connectivity index is 2.90. The summed E-state index contributed by atoms with van der Waals surface area (Å²) in [4.78, 5) is 23.3. The van der Waals surface area contributed by atoms with E-state index < -0.39 is 32.5 Å². The lowest BCUT2D eigenvalue weighted by molar-refractivity contribution is -0.142. The molecule has 0 aliphatic heterocycles. The van der Waals surface area contributed by atoms with Crippen molar-refractivity contribution in [1.29, 1.82) is 0 Å². The van der Waals surface area contributed by atoms with Crippen LogP contribution in [0.5, 0.6) is 0 Å². The molecule has 1 atom stereocenters. The normalized spacial score (nSPS) is 13.5. The van der Waals surface area contributed by atoms with Gasteiger partial charge >= 0.3 is 5.97 Å². The van der Waals surface area contributed by atoms with Crippen molar-refractivity contribution in [3.8, 4) is 0 Å². The Morgan fingerprint density at radius 3 is 2.19 bits per heavy atom. The molecule has 116 valence electrons. The number of carboxylic acid groups (broad SMARTS) is 1. The maximum absolute atomic E-state index is 12.1. The summed E-state index contributed by atoms with van der Waals surface area (Å²) in [6.07, 6.45) is 1.03. The summed E-state index contributed by atoms with van der Waals surface area (Å²) in [5.74, 6) is -2.04. The molecule has 2 N–H and O–H groups in total. The first kappa shape index (κ1) is 17.2.